The summed E-state index contributed by atoms with van der Waals surface area (Å²) < 4.78 is 6.01. The monoisotopic (exact) mass is 257 g/mol. The maximum atomic E-state index is 9.89. The van der Waals surface area contributed by atoms with Crippen molar-refractivity contribution < 1.29 is 9.84 Å². The topological polar surface area (TPSA) is 42.4 Å². The third-order valence-corrected chi connectivity index (χ3v) is 4.54. The number of ether oxygens (including phenoxy) is 1. The molecule has 1 aromatic heterocycles. The van der Waals surface area contributed by atoms with E-state index < -0.39 is 0 Å². The van der Waals surface area contributed by atoms with Crippen molar-refractivity contribution in [1.82, 2.24) is 4.98 Å². The fourth-order valence-electron chi connectivity index (χ4n) is 2.72. The van der Waals surface area contributed by atoms with Crippen molar-refractivity contribution in [3.63, 3.8) is 0 Å². The van der Waals surface area contributed by atoms with Crippen molar-refractivity contribution in [2.75, 3.05) is 0 Å². The van der Waals surface area contributed by atoms with Gasteiger partial charge in [0.05, 0.1) is 17.8 Å². The first-order valence-electron chi connectivity index (χ1n) is 6.83. The summed E-state index contributed by atoms with van der Waals surface area (Å²) >= 11 is 0. The zero-order valence-electron chi connectivity index (χ0n) is 11.3. The van der Waals surface area contributed by atoms with Gasteiger partial charge in [-0.1, -0.05) is 32.0 Å². The summed E-state index contributed by atoms with van der Waals surface area (Å²) in [6, 6.07) is 10.0. The molecule has 0 spiro atoms. The minimum atomic E-state index is -0.254. The number of hydrogen-bond donors (Lipinski definition) is 1. The van der Waals surface area contributed by atoms with E-state index in [-0.39, 0.29) is 17.6 Å². The molecule has 3 rings (SSSR count). The zero-order chi connectivity index (χ0) is 13.5. The largest absolute Gasteiger partial charge is 0.488 e. The van der Waals surface area contributed by atoms with Gasteiger partial charge in [0.25, 0.3) is 0 Å². The van der Waals surface area contributed by atoms with Crippen LogP contribution in [0.3, 0.4) is 0 Å². The molecule has 0 radical (unpaired) electrons. The lowest BCUT2D eigenvalue weighted by atomic mass is 9.63. The second-order valence-electron chi connectivity index (χ2n) is 5.58. The number of benzene rings is 1. The molecule has 1 fully saturated rings. The Hall–Kier alpha value is -1.61. The summed E-state index contributed by atoms with van der Waals surface area (Å²) in [7, 11) is 0. The Morgan fingerprint density at radius 3 is 2.95 bits per heavy atom. The normalized spacial score (nSPS) is 30.1. The van der Waals surface area contributed by atoms with Crippen LogP contribution in [0, 0.1) is 5.41 Å². The van der Waals surface area contributed by atoms with Gasteiger partial charge in [0.15, 0.2) is 0 Å². The minimum Gasteiger partial charge on any atom is -0.488 e. The summed E-state index contributed by atoms with van der Waals surface area (Å²) in [5, 5.41) is 11.0. The lowest BCUT2D eigenvalue weighted by Gasteiger charge is -2.50. The molecule has 0 amide bonds. The first-order chi connectivity index (χ1) is 9.13. The Morgan fingerprint density at radius 2 is 2.21 bits per heavy atom. The van der Waals surface area contributed by atoms with Gasteiger partial charge in [-0.25, -0.2) is 0 Å². The Labute approximate surface area is 113 Å². The molecule has 100 valence electrons. The smallest absolute Gasteiger partial charge is 0.138 e. The molecular weight excluding hydrogens is 238 g/mol. The number of aliphatic hydroxyl groups excluding tert-OH is 1. The molecule has 3 atom stereocenters. The SMILES string of the molecule is CCC1(C)C(O)CC1Oc1cnc2ccccc2c1. The van der Waals surface area contributed by atoms with Gasteiger partial charge in [-0.2, -0.15) is 0 Å². The molecule has 0 bridgehead atoms. The van der Waals surface area contributed by atoms with E-state index >= 15 is 0 Å². The van der Waals surface area contributed by atoms with E-state index in [0.29, 0.717) is 6.42 Å². The number of para-hydroxylation sites is 1. The number of fused-ring (bicyclic) bond motifs is 1. The highest BCUT2D eigenvalue weighted by molar-refractivity contribution is 5.79. The molecule has 1 N–H and O–H groups in total. The molecule has 0 aliphatic heterocycles. The Morgan fingerprint density at radius 1 is 1.42 bits per heavy atom. The molecule has 19 heavy (non-hydrogen) atoms. The van der Waals surface area contributed by atoms with Crippen LogP contribution in [-0.4, -0.2) is 22.3 Å². The molecule has 1 saturated carbocycles. The molecule has 1 heterocycles. The van der Waals surface area contributed by atoms with Gasteiger partial charge in [-0.15, -0.1) is 0 Å². The van der Waals surface area contributed by atoms with E-state index in [4.69, 9.17) is 4.74 Å². The average Bonchev–Trinajstić information content (AvgIpc) is 2.46. The highest BCUT2D eigenvalue weighted by Crippen LogP contribution is 2.46. The standard InChI is InChI=1S/C16H19NO2/c1-3-16(2)14(18)9-15(16)19-12-8-11-6-4-5-7-13(11)17-10-12/h4-8,10,14-15,18H,3,9H2,1-2H3. The predicted molar refractivity (Wildman–Crippen MR) is 75.2 cm³/mol. The third kappa shape index (κ3) is 1.98. The summed E-state index contributed by atoms with van der Waals surface area (Å²) in [5.41, 5.74) is 0.841. The number of aromatic nitrogens is 1. The minimum absolute atomic E-state index is 0.0791. The van der Waals surface area contributed by atoms with E-state index in [1.54, 1.807) is 6.20 Å². The highest BCUT2D eigenvalue weighted by atomic mass is 16.5. The van der Waals surface area contributed by atoms with Crippen LogP contribution in [0.5, 0.6) is 5.75 Å². The Balaban J connectivity index is 1.82. The fourth-order valence-corrected chi connectivity index (χ4v) is 2.72. The number of aliphatic hydroxyl groups is 1. The molecule has 3 unspecified atom stereocenters. The average molecular weight is 257 g/mol. The van der Waals surface area contributed by atoms with Crippen molar-refractivity contribution in [2.45, 2.75) is 38.9 Å². The van der Waals surface area contributed by atoms with Gasteiger partial charge in [-0.05, 0) is 18.6 Å². The summed E-state index contributed by atoms with van der Waals surface area (Å²) in [5.74, 6) is 0.787. The maximum Gasteiger partial charge on any atom is 0.138 e. The second kappa shape index (κ2) is 4.49. The van der Waals surface area contributed by atoms with E-state index in [1.165, 1.54) is 0 Å². The summed E-state index contributed by atoms with van der Waals surface area (Å²) in [4.78, 5) is 4.40. The maximum absolute atomic E-state index is 9.89. The van der Waals surface area contributed by atoms with Crippen LogP contribution >= 0.6 is 0 Å². The van der Waals surface area contributed by atoms with Gasteiger partial charge in [0.2, 0.25) is 0 Å². The predicted octanol–water partition coefficient (Wildman–Crippen LogP) is 3.16. The molecule has 3 heteroatoms. The number of nitrogens with zero attached hydrogens (tertiary/aromatic N) is 1. The van der Waals surface area contributed by atoms with Gasteiger partial charge >= 0.3 is 0 Å². The quantitative estimate of drug-likeness (QED) is 0.918. The third-order valence-electron chi connectivity index (χ3n) is 4.54. The van der Waals surface area contributed by atoms with Crippen molar-refractivity contribution >= 4 is 10.9 Å². The highest BCUT2D eigenvalue weighted by Gasteiger charge is 2.51. The van der Waals surface area contributed by atoms with Crippen LogP contribution in [0.15, 0.2) is 36.5 Å². The van der Waals surface area contributed by atoms with Crippen LogP contribution in [0.2, 0.25) is 0 Å². The lowest BCUT2D eigenvalue weighted by Crippen LogP contribution is -2.57. The molecule has 0 saturated heterocycles. The van der Waals surface area contributed by atoms with Crippen LogP contribution in [0.25, 0.3) is 10.9 Å². The van der Waals surface area contributed by atoms with Crippen LogP contribution in [0.4, 0.5) is 0 Å². The van der Waals surface area contributed by atoms with Crippen molar-refractivity contribution in [2.24, 2.45) is 5.41 Å². The van der Waals surface area contributed by atoms with E-state index in [9.17, 15) is 5.11 Å². The van der Waals surface area contributed by atoms with Gasteiger partial charge in [0, 0.05) is 17.2 Å². The molecule has 1 aliphatic rings. The number of hydrogen-bond acceptors (Lipinski definition) is 3. The molecule has 1 aromatic carbocycles. The molecule has 1 aliphatic carbocycles. The van der Waals surface area contributed by atoms with Gasteiger partial charge in [-0.3, -0.25) is 4.98 Å². The van der Waals surface area contributed by atoms with Crippen molar-refractivity contribution in [3.8, 4) is 5.75 Å². The fraction of sp³-hybridized carbons (Fsp3) is 0.438. The van der Waals surface area contributed by atoms with Crippen LogP contribution < -0.4 is 4.74 Å². The van der Waals surface area contributed by atoms with E-state index in [2.05, 4.69) is 18.8 Å². The van der Waals surface area contributed by atoms with E-state index in [1.807, 2.05) is 30.3 Å². The van der Waals surface area contributed by atoms with Gasteiger partial charge < -0.3 is 9.84 Å². The summed E-state index contributed by atoms with van der Waals surface area (Å²) in [6.45, 7) is 4.18. The van der Waals surface area contributed by atoms with Gasteiger partial charge in [0.1, 0.15) is 11.9 Å². The molecular formula is C16H19NO2. The lowest BCUT2D eigenvalue weighted by molar-refractivity contribution is -0.147. The van der Waals surface area contributed by atoms with E-state index in [0.717, 1.165) is 23.1 Å². The number of rotatable bonds is 3. The molecule has 2 aromatic rings. The van der Waals surface area contributed by atoms with Crippen LogP contribution in [-0.2, 0) is 0 Å². The first kappa shape index (κ1) is 12.4. The summed E-state index contributed by atoms with van der Waals surface area (Å²) in [6.07, 6.45) is 3.21. The van der Waals surface area contributed by atoms with Crippen molar-refractivity contribution in [3.05, 3.63) is 36.5 Å². The molecule has 3 nitrogen and oxygen atoms in total. The Bertz CT molecular complexity index is 598. The first-order valence-corrected chi connectivity index (χ1v) is 6.83. The second-order valence-corrected chi connectivity index (χ2v) is 5.58. The number of pyridine rings is 1. The zero-order valence-corrected chi connectivity index (χ0v) is 11.3. The van der Waals surface area contributed by atoms with Crippen molar-refractivity contribution in [1.29, 1.82) is 0 Å². The van der Waals surface area contributed by atoms with Crippen LogP contribution in [0.1, 0.15) is 26.7 Å². The Kier molecular flexibility index (Phi) is 2.94.